The molecule has 2 N–H and O–H groups in total. The minimum Gasteiger partial charge on any atom is -0.497 e. The summed E-state index contributed by atoms with van der Waals surface area (Å²) in [5, 5.41) is 15.0. The molecule has 0 saturated carbocycles. The summed E-state index contributed by atoms with van der Waals surface area (Å²) in [6.07, 6.45) is 1.47. The molecule has 0 aliphatic rings. The standard InChI is InChI=1S/C27H24BrN3O4/c1-17-4-6-22(12-18(17)2)30-26(32)16-35-25-11-5-19(14-24(25)28)13-20(15-29)27(33)31-21-7-9-23(34-3)10-8-21/h4-14H,16H2,1-3H3,(H,30,32)(H,31,33)/b20-13-. The molecule has 0 spiro atoms. The fraction of sp³-hybridized carbons (Fsp3) is 0.148. The highest BCUT2D eigenvalue weighted by molar-refractivity contribution is 9.10. The topological polar surface area (TPSA) is 100 Å². The Morgan fingerprint density at radius 2 is 1.69 bits per heavy atom. The van der Waals surface area contributed by atoms with Gasteiger partial charge in [-0.05, 0) is 101 Å². The number of benzene rings is 3. The zero-order chi connectivity index (χ0) is 25.4. The molecule has 0 aliphatic carbocycles. The first-order chi connectivity index (χ1) is 16.8. The molecule has 0 unspecified atom stereocenters. The third-order valence-corrected chi connectivity index (χ3v) is 5.75. The maximum Gasteiger partial charge on any atom is 0.266 e. The van der Waals surface area contributed by atoms with Crippen LogP contribution >= 0.6 is 15.9 Å². The van der Waals surface area contributed by atoms with E-state index in [1.807, 2.05) is 38.1 Å². The first kappa shape index (κ1) is 25.5. The molecule has 3 aromatic rings. The van der Waals surface area contributed by atoms with Gasteiger partial charge in [0.2, 0.25) is 0 Å². The van der Waals surface area contributed by atoms with Crippen molar-refractivity contribution in [2.75, 3.05) is 24.4 Å². The summed E-state index contributed by atoms with van der Waals surface area (Å²) in [4.78, 5) is 24.8. The Balaban J connectivity index is 1.62. The van der Waals surface area contributed by atoms with Gasteiger partial charge in [-0.3, -0.25) is 9.59 Å². The van der Waals surface area contributed by atoms with Crippen LogP contribution in [0.25, 0.3) is 6.08 Å². The number of hydrogen-bond acceptors (Lipinski definition) is 5. The van der Waals surface area contributed by atoms with Gasteiger partial charge in [0.1, 0.15) is 23.1 Å². The zero-order valence-corrected chi connectivity index (χ0v) is 21.1. The van der Waals surface area contributed by atoms with Gasteiger partial charge in [0.15, 0.2) is 6.61 Å². The summed E-state index contributed by atoms with van der Waals surface area (Å²) in [6.45, 7) is 3.82. The van der Waals surface area contributed by atoms with Crippen LogP contribution in [0.15, 0.2) is 70.7 Å². The third-order valence-electron chi connectivity index (χ3n) is 5.13. The second kappa shape index (κ2) is 11.9. The number of carbonyl (C=O) groups excluding carboxylic acids is 2. The largest absolute Gasteiger partial charge is 0.497 e. The number of ether oxygens (including phenoxy) is 2. The van der Waals surface area contributed by atoms with Gasteiger partial charge < -0.3 is 20.1 Å². The molecule has 0 atom stereocenters. The van der Waals surface area contributed by atoms with Gasteiger partial charge in [-0.25, -0.2) is 0 Å². The van der Waals surface area contributed by atoms with Gasteiger partial charge in [0, 0.05) is 11.4 Å². The first-order valence-corrected chi connectivity index (χ1v) is 11.4. The fourth-order valence-corrected chi connectivity index (χ4v) is 3.58. The third kappa shape index (κ3) is 7.19. The zero-order valence-electron chi connectivity index (χ0n) is 19.5. The van der Waals surface area contributed by atoms with Crippen molar-refractivity contribution in [1.29, 1.82) is 5.26 Å². The molecule has 0 aromatic heterocycles. The Labute approximate surface area is 212 Å². The summed E-state index contributed by atoms with van der Waals surface area (Å²) >= 11 is 3.42. The SMILES string of the molecule is COc1ccc(NC(=O)/C(C#N)=C\c2ccc(OCC(=O)Nc3ccc(C)c(C)c3)c(Br)c2)cc1. The van der Waals surface area contributed by atoms with E-state index < -0.39 is 5.91 Å². The van der Waals surface area contributed by atoms with E-state index in [-0.39, 0.29) is 18.1 Å². The minimum atomic E-state index is -0.530. The number of rotatable bonds is 8. The molecule has 178 valence electrons. The molecule has 0 fully saturated rings. The molecule has 0 radical (unpaired) electrons. The highest BCUT2D eigenvalue weighted by Crippen LogP contribution is 2.27. The van der Waals surface area contributed by atoms with Crippen LogP contribution in [0.4, 0.5) is 11.4 Å². The maximum atomic E-state index is 12.5. The Morgan fingerprint density at radius 1 is 0.971 bits per heavy atom. The van der Waals surface area contributed by atoms with Crippen molar-refractivity contribution in [3.8, 4) is 17.6 Å². The van der Waals surface area contributed by atoms with Crippen LogP contribution in [-0.2, 0) is 9.59 Å². The van der Waals surface area contributed by atoms with Gasteiger partial charge in [0.25, 0.3) is 11.8 Å². The molecular weight excluding hydrogens is 510 g/mol. The van der Waals surface area contributed by atoms with Crippen LogP contribution in [0.3, 0.4) is 0 Å². The quantitative estimate of drug-likeness (QED) is 0.288. The van der Waals surface area contributed by atoms with Gasteiger partial charge in [-0.2, -0.15) is 5.26 Å². The van der Waals surface area contributed by atoms with E-state index in [1.165, 1.54) is 6.08 Å². The summed E-state index contributed by atoms with van der Waals surface area (Å²) in [5.41, 5.74) is 4.04. The van der Waals surface area contributed by atoms with Crippen molar-refractivity contribution in [2.45, 2.75) is 13.8 Å². The molecular formula is C27H24BrN3O4. The number of hydrogen-bond donors (Lipinski definition) is 2. The van der Waals surface area contributed by atoms with Gasteiger partial charge in [-0.15, -0.1) is 0 Å². The van der Waals surface area contributed by atoms with Crippen LogP contribution in [0, 0.1) is 25.2 Å². The predicted octanol–water partition coefficient (Wildman–Crippen LogP) is 5.64. The van der Waals surface area contributed by atoms with Crippen molar-refractivity contribution in [3.63, 3.8) is 0 Å². The molecule has 2 amide bonds. The molecule has 0 bridgehead atoms. The van der Waals surface area contributed by atoms with Gasteiger partial charge >= 0.3 is 0 Å². The number of nitriles is 1. The normalized spacial score (nSPS) is 10.8. The Hall–Kier alpha value is -4.09. The van der Waals surface area contributed by atoms with Crippen LogP contribution in [0.5, 0.6) is 11.5 Å². The lowest BCUT2D eigenvalue weighted by Crippen LogP contribution is -2.20. The first-order valence-electron chi connectivity index (χ1n) is 10.7. The highest BCUT2D eigenvalue weighted by atomic mass is 79.9. The second-order valence-electron chi connectivity index (χ2n) is 7.68. The van der Waals surface area contributed by atoms with Crippen LogP contribution in [0.1, 0.15) is 16.7 Å². The van der Waals surface area contributed by atoms with Crippen LogP contribution in [0.2, 0.25) is 0 Å². The van der Waals surface area contributed by atoms with Crippen molar-refractivity contribution < 1.29 is 19.1 Å². The maximum absolute atomic E-state index is 12.5. The summed E-state index contributed by atoms with van der Waals surface area (Å²) in [6, 6.07) is 19.5. The monoisotopic (exact) mass is 533 g/mol. The molecule has 0 aliphatic heterocycles. The van der Waals surface area contributed by atoms with Crippen LogP contribution in [-0.4, -0.2) is 25.5 Å². The van der Waals surface area contributed by atoms with E-state index in [9.17, 15) is 14.9 Å². The number of nitrogens with zero attached hydrogens (tertiary/aromatic N) is 1. The smallest absolute Gasteiger partial charge is 0.266 e. The van der Waals surface area contributed by atoms with Crippen LogP contribution < -0.4 is 20.1 Å². The van der Waals surface area contributed by atoms with Gasteiger partial charge in [0.05, 0.1) is 11.6 Å². The number of amides is 2. The molecule has 3 rings (SSSR count). The average molecular weight is 534 g/mol. The highest BCUT2D eigenvalue weighted by Gasteiger charge is 2.12. The van der Waals surface area contributed by atoms with E-state index in [1.54, 1.807) is 49.6 Å². The molecule has 8 heteroatoms. The number of aryl methyl sites for hydroxylation is 2. The summed E-state index contributed by atoms with van der Waals surface area (Å²) < 4.78 is 11.3. The molecule has 3 aromatic carbocycles. The Morgan fingerprint density at radius 3 is 2.31 bits per heavy atom. The van der Waals surface area contributed by atoms with E-state index in [0.717, 1.165) is 11.1 Å². The van der Waals surface area contributed by atoms with Gasteiger partial charge in [-0.1, -0.05) is 12.1 Å². The Kier molecular flexibility index (Phi) is 8.65. The van der Waals surface area contributed by atoms with E-state index in [0.29, 0.717) is 32.9 Å². The van der Waals surface area contributed by atoms with Crippen molar-refractivity contribution in [1.82, 2.24) is 0 Å². The molecule has 0 saturated heterocycles. The predicted molar refractivity (Wildman–Crippen MR) is 139 cm³/mol. The lowest BCUT2D eigenvalue weighted by Gasteiger charge is -2.11. The number of halogens is 1. The molecule has 35 heavy (non-hydrogen) atoms. The van der Waals surface area contributed by atoms with Crippen molar-refractivity contribution >= 4 is 45.2 Å². The Bertz CT molecular complexity index is 1310. The van der Waals surface area contributed by atoms with Crippen molar-refractivity contribution in [2.24, 2.45) is 0 Å². The second-order valence-corrected chi connectivity index (χ2v) is 8.53. The molecule has 7 nitrogen and oxygen atoms in total. The number of nitrogens with one attached hydrogen (secondary N) is 2. The average Bonchev–Trinajstić information content (AvgIpc) is 2.84. The number of anilines is 2. The van der Waals surface area contributed by atoms with E-state index in [2.05, 4.69) is 26.6 Å². The van der Waals surface area contributed by atoms with E-state index >= 15 is 0 Å². The number of methoxy groups -OCH3 is 1. The van der Waals surface area contributed by atoms with Crippen molar-refractivity contribution in [3.05, 3.63) is 87.4 Å². The fourth-order valence-electron chi connectivity index (χ4n) is 3.07. The molecule has 0 heterocycles. The summed E-state index contributed by atoms with van der Waals surface area (Å²) in [7, 11) is 1.56. The lowest BCUT2D eigenvalue weighted by atomic mass is 10.1. The minimum absolute atomic E-state index is 0.0610. The van der Waals surface area contributed by atoms with E-state index in [4.69, 9.17) is 9.47 Å². The summed E-state index contributed by atoms with van der Waals surface area (Å²) in [5.74, 6) is 0.302. The number of carbonyl (C=O) groups is 2. The lowest BCUT2D eigenvalue weighted by molar-refractivity contribution is -0.118.